The third-order valence-electron chi connectivity index (χ3n) is 1.59. The van der Waals surface area contributed by atoms with Gasteiger partial charge in [0.1, 0.15) is 0 Å². The lowest BCUT2D eigenvalue weighted by atomic mass is 10.2. The van der Waals surface area contributed by atoms with Crippen LogP contribution in [0.3, 0.4) is 0 Å². The number of allylic oxidation sites excluding steroid dienone is 4. The summed E-state index contributed by atoms with van der Waals surface area (Å²) in [5.41, 5.74) is 6.53. The highest BCUT2D eigenvalue weighted by Gasteiger charge is 2.07. The van der Waals surface area contributed by atoms with Gasteiger partial charge in [-0.1, -0.05) is 24.8 Å². The molecule has 0 bridgehead atoms. The van der Waals surface area contributed by atoms with Gasteiger partial charge in [-0.05, 0) is 11.6 Å². The van der Waals surface area contributed by atoms with Gasteiger partial charge >= 0.3 is 0 Å². The molecule has 3 N–H and O–H groups in total. The zero-order chi connectivity index (χ0) is 9.68. The van der Waals surface area contributed by atoms with Gasteiger partial charge in [-0.2, -0.15) is 0 Å². The predicted molar refractivity (Wildman–Crippen MR) is 49.5 cm³/mol. The molecular formula is C9H12N2O2. The van der Waals surface area contributed by atoms with Gasteiger partial charge in [0, 0.05) is 0 Å². The fourth-order valence-corrected chi connectivity index (χ4v) is 0.979. The van der Waals surface area contributed by atoms with Crippen molar-refractivity contribution >= 4 is 0 Å². The summed E-state index contributed by atoms with van der Waals surface area (Å²) in [5.74, 6) is 0. The van der Waals surface area contributed by atoms with Crippen molar-refractivity contribution in [3.8, 4) is 0 Å². The lowest BCUT2D eigenvalue weighted by molar-refractivity contribution is 0.116. The summed E-state index contributed by atoms with van der Waals surface area (Å²) in [6.45, 7) is 3.79. The predicted octanol–water partition coefficient (Wildman–Crippen LogP) is 1.01. The molecule has 0 aliphatic heterocycles. The Balaban J connectivity index is 3.00. The maximum absolute atomic E-state index is 8.81. The largest absolute Gasteiger partial charge is 0.291 e. The summed E-state index contributed by atoms with van der Waals surface area (Å²) in [6, 6.07) is 0. The van der Waals surface area contributed by atoms with Crippen LogP contribution < -0.4 is 11.0 Å². The molecule has 0 spiro atoms. The zero-order valence-electron chi connectivity index (χ0n) is 7.37. The van der Waals surface area contributed by atoms with Crippen molar-refractivity contribution in [2.75, 3.05) is 7.11 Å². The Bertz CT molecular complexity index is 290. The van der Waals surface area contributed by atoms with Crippen LogP contribution >= 0.6 is 0 Å². The second-order valence-corrected chi connectivity index (χ2v) is 2.45. The molecule has 1 aliphatic rings. The molecule has 0 aromatic rings. The van der Waals surface area contributed by atoms with E-state index in [1.54, 1.807) is 12.2 Å². The molecule has 1 rings (SSSR count). The SMILES string of the molecule is C=C1C=CC=CC(NO)=C1NOC. The van der Waals surface area contributed by atoms with Crippen LogP contribution in [0.5, 0.6) is 0 Å². The number of hydrogen-bond acceptors (Lipinski definition) is 4. The van der Waals surface area contributed by atoms with Crippen LogP contribution in [-0.2, 0) is 4.84 Å². The summed E-state index contributed by atoms with van der Waals surface area (Å²) < 4.78 is 0. The second kappa shape index (κ2) is 4.49. The van der Waals surface area contributed by atoms with Crippen LogP contribution in [0.2, 0.25) is 0 Å². The van der Waals surface area contributed by atoms with E-state index in [1.807, 2.05) is 12.2 Å². The van der Waals surface area contributed by atoms with E-state index in [9.17, 15) is 0 Å². The highest BCUT2D eigenvalue weighted by atomic mass is 16.6. The number of nitrogens with one attached hydrogen (secondary N) is 2. The number of hydrogen-bond donors (Lipinski definition) is 3. The van der Waals surface area contributed by atoms with Crippen LogP contribution in [0.15, 0.2) is 47.9 Å². The Labute approximate surface area is 76.8 Å². The van der Waals surface area contributed by atoms with E-state index in [1.165, 1.54) is 7.11 Å². The highest BCUT2D eigenvalue weighted by molar-refractivity contribution is 5.45. The van der Waals surface area contributed by atoms with Gasteiger partial charge in [0.25, 0.3) is 0 Å². The van der Waals surface area contributed by atoms with Crippen molar-refractivity contribution in [3.63, 3.8) is 0 Å². The van der Waals surface area contributed by atoms with E-state index in [4.69, 9.17) is 10.0 Å². The minimum atomic E-state index is 0.511. The minimum absolute atomic E-state index is 0.511. The van der Waals surface area contributed by atoms with Crippen molar-refractivity contribution in [1.29, 1.82) is 0 Å². The summed E-state index contributed by atoms with van der Waals surface area (Å²) in [4.78, 5) is 4.75. The fourth-order valence-electron chi connectivity index (χ4n) is 0.979. The molecule has 0 heterocycles. The van der Waals surface area contributed by atoms with Crippen LogP contribution in [0.4, 0.5) is 0 Å². The Morgan fingerprint density at radius 1 is 1.38 bits per heavy atom. The van der Waals surface area contributed by atoms with Gasteiger partial charge < -0.3 is 0 Å². The normalized spacial score (nSPS) is 16.0. The van der Waals surface area contributed by atoms with Crippen molar-refractivity contribution in [2.45, 2.75) is 0 Å². The van der Waals surface area contributed by atoms with Crippen LogP contribution in [0.25, 0.3) is 0 Å². The van der Waals surface area contributed by atoms with Crippen molar-refractivity contribution in [3.05, 3.63) is 47.9 Å². The Morgan fingerprint density at radius 2 is 2.08 bits per heavy atom. The quantitative estimate of drug-likeness (QED) is 0.567. The molecule has 0 aromatic carbocycles. The third kappa shape index (κ3) is 2.21. The molecule has 0 radical (unpaired) electrons. The Morgan fingerprint density at radius 3 is 2.69 bits per heavy atom. The lowest BCUT2D eigenvalue weighted by Gasteiger charge is -2.11. The topological polar surface area (TPSA) is 53.5 Å². The first-order valence-corrected chi connectivity index (χ1v) is 3.77. The average Bonchev–Trinajstić information content (AvgIpc) is 2.30. The molecule has 0 fully saturated rings. The van der Waals surface area contributed by atoms with Gasteiger partial charge in [0.15, 0.2) is 0 Å². The lowest BCUT2D eigenvalue weighted by Crippen LogP contribution is -2.19. The molecule has 0 aromatic heterocycles. The van der Waals surface area contributed by atoms with E-state index < -0.39 is 0 Å². The van der Waals surface area contributed by atoms with Crippen molar-refractivity contribution in [2.24, 2.45) is 0 Å². The average molecular weight is 180 g/mol. The van der Waals surface area contributed by atoms with Crippen molar-refractivity contribution in [1.82, 2.24) is 11.0 Å². The first-order chi connectivity index (χ1) is 6.29. The molecule has 0 unspecified atom stereocenters. The molecule has 0 atom stereocenters. The van der Waals surface area contributed by atoms with Crippen LogP contribution in [0, 0.1) is 0 Å². The van der Waals surface area contributed by atoms with Crippen LogP contribution in [-0.4, -0.2) is 12.3 Å². The van der Waals surface area contributed by atoms with Gasteiger partial charge in [-0.15, -0.1) is 0 Å². The second-order valence-electron chi connectivity index (χ2n) is 2.45. The molecule has 4 heteroatoms. The van der Waals surface area contributed by atoms with E-state index >= 15 is 0 Å². The fraction of sp³-hybridized carbons (Fsp3) is 0.111. The summed E-state index contributed by atoms with van der Waals surface area (Å²) in [6.07, 6.45) is 7.12. The molecule has 0 saturated heterocycles. The monoisotopic (exact) mass is 180 g/mol. The summed E-state index contributed by atoms with van der Waals surface area (Å²) in [5, 5.41) is 8.81. The summed E-state index contributed by atoms with van der Waals surface area (Å²) >= 11 is 0. The molecule has 4 nitrogen and oxygen atoms in total. The summed E-state index contributed by atoms with van der Waals surface area (Å²) in [7, 11) is 1.49. The van der Waals surface area contributed by atoms with Crippen LogP contribution in [0.1, 0.15) is 0 Å². The molecule has 13 heavy (non-hydrogen) atoms. The molecule has 70 valence electrons. The maximum Gasteiger partial charge on any atom is 0.0924 e. The minimum Gasteiger partial charge on any atom is -0.291 e. The Hall–Kier alpha value is -1.52. The molecule has 0 saturated carbocycles. The van der Waals surface area contributed by atoms with E-state index in [0.29, 0.717) is 11.4 Å². The number of hydroxylamine groups is 2. The molecule has 0 amide bonds. The highest BCUT2D eigenvalue weighted by Crippen LogP contribution is 2.14. The first-order valence-electron chi connectivity index (χ1n) is 3.77. The van der Waals surface area contributed by atoms with Gasteiger partial charge in [-0.3, -0.25) is 21.0 Å². The van der Waals surface area contributed by atoms with E-state index in [-0.39, 0.29) is 0 Å². The van der Waals surface area contributed by atoms with Gasteiger partial charge in [-0.25, -0.2) is 0 Å². The van der Waals surface area contributed by atoms with Gasteiger partial charge in [0.05, 0.1) is 18.5 Å². The number of rotatable bonds is 3. The van der Waals surface area contributed by atoms with E-state index in [0.717, 1.165) is 5.57 Å². The Kier molecular flexibility index (Phi) is 3.31. The molecular weight excluding hydrogens is 168 g/mol. The van der Waals surface area contributed by atoms with E-state index in [2.05, 4.69) is 17.5 Å². The third-order valence-corrected chi connectivity index (χ3v) is 1.59. The van der Waals surface area contributed by atoms with Crippen molar-refractivity contribution < 1.29 is 10.0 Å². The first kappa shape index (κ1) is 9.57. The maximum atomic E-state index is 8.81. The van der Waals surface area contributed by atoms with Gasteiger partial charge in [0.2, 0.25) is 0 Å². The smallest absolute Gasteiger partial charge is 0.0924 e. The molecule has 1 aliphatic carbocycles. The zero-order valence-corrected chi connectivity index (χ0v) is 7.37. The standard InChI is InChI=1S/C9H12N2O2/c1-7-5-3-4-6-8(10-12)9(7)11-13-2/h3-6,10-12H,1H2,2H3.